The van der Waals surface area contributed by atoms with Gasteiger partial charge in [-0.3, -0.25) is 4.79 Å². The summed E-state index contributed by atoms with van der Waals surface area (Å²) >= 11 is 0. The molecular weight excluding hydrogens is 184 g/mol. The van der Waals surface area contributed by atoms with Gasteiger partial charge in [-0.05, 0) is 25.5 Å². The summed E-state index contributed by atoms with van der Waals surface area (Å²) < 4.78 is 0.894. The molecule has 0 aliphatic heterocycles. The molecule has 1 aromatic rings. The SMILES string of the molecule is CC(=O)On1c(C)cc(C)c(N)c1=O. The van der Waals surface area contributed by atoms with Crippen LogP contribution in [0, 0.1) is 13.8 Å². The average Bonchev–Trinajstić information content (AvgIpc) is 2.09. The zero-order valence-electron chi connectivity index (χ0n) is 8.33. The lowest BCUT2D eigenvalue weighted by molar-refractivity contribution is -0.142. The van der Waals surface area contributed by atoms with Gasteiger partial charge in [0.1, 0.15) is 5.69 Å². The summed E-state index contributed by atoms with van der Waals surface area (Å²) in [5.41, 5.74) is 6.31. The van der Waals surface area contributed by atoms with E-state index < -0.39 is 11.5 Å². The second kappa shape index (κ2) is 3.53. The third kappa shape index (κ3) is 1.76. The van der Waals surface area contributed by atoms with Crippen LogP contribution in [0.15, 0.2) is 10.9 Å². The third-order valence-corrected chi connectivity index (χ3v) is 1.81. The number of nitrogens with zero attached hydrogens (tertiary/aromatic N) is 1. The van der Waals surface area contributed by atoms with E-state index in [0.717, 1.165) is 4.73 Å². The maximum atomic E-state index is 11.5. The molecule has 0 saturated carbocycles. The Kier molecular flexibility index (Phi) is 2.60. The van der Waals surface area contributed by atoms with Crippen molar-refractivity contribution in [2.24, 2.45) is 0 Å². The molecule has 0 bridgehead atoms. The molecule has 0 aliphatic rings. The Hall–Kier alpha value is -1.78. The van der Waals surface area contributed by atoms with E-state index in [1.54, 1.807) is 19.9 Å². The molecule has 0 aliphatic carbocycles. The number of anilines is 1. The van der Waals surface area contributed by atoms with Crippen LogP contribution >= 0.6 is 0 Å². The van der Waals surface area contributed by atoms with Crippen LogP contribution in [0.25, 0.3) is 0 Å². The molecule has 5 nitrogen and oxygen atoms in total. The molecule has 0 aromatic carbocycles. The topological polar surface area (TPSA) is 74.3 Å². The quantitative estimate of drug-likeness (QED) is 0.687. The maximum Gasteiger partial charge on any atom is 0.330 e. The predicted molar refractivity (Wildman–Crippen MR) is 51.8 cm³/mol. The van der Waals surface area contributed by atoms with E-state index in [4.69, 9.17) is 10.6 Å². The molecule has 0 spiro atoms. The predicted octanol–water partition coefficient (Wildman–Crippen LogP) is 0.0224. The monoisotopic (exact) mass is 196 g/mol. The van der Waals surface area contributed by atoms with Crippen molar-refractivity contribution >= 4 is 11.7 Å². The fourth-order valence-electron chi connectivity index (χ4n) is 1.13. The number of aryl methyl sites for hydroxylation is 2. The molecule has 0 atom stereocenters. The lowest BCUT2D eigenvalue weighted by Gasteiger charge is -2.10. The van der Waals surface area contributed by atoms with Crippen molar-refractivity contribution in [3.8, 4) is 0 Å². The van der Waals surface area contributed by atoms with Gasteiger partial charge in [-0.25, -0.2) is 4.79 Å². The summed E-state index contributed by atoms with van der Waals surface area (Å²) in [5.74, 6) is -0.557. The minimum Gasteiger partial charge on any atom is -0.394 e. The average molecular weight is 196 g/mol. The van der Waals surface area contributed by atoms with Crippen LogP contribution in [0.5, 0.6) is 0 Å². The van der Waals surface area contributed by atoms with Crippen LogP contribution in [0.3, 0.4) is 0 Å². The number of nitrogen functional groups attached to an aromatic ring is 1. The van der Waals surface area contributed by atoms with Gasteiger partial charge in [0.05, 0.1) is 5.69 Å². The van der Waals surface area contributed by atoms with Crippen LogP contribution in [0.2, 0.25) is 0 Å². The zero-order chi connectivity index (χ0) is 10.9. The van der Waals surface area contributed by atoms with Crippen molar-refractivity contribution in [1.29, 1.82) is 0 Å². The summed E-state index contributed by atoms with van der Waals surface area (Å²) in [5, 5.41) is 0. The van der Waals surface area contributed by atoms with Crippen molar-refractivity contribution in [2.45, 2.75) is 20.8 Å². The van der Waals surface area contributed by atoms with Gasteiger partial charge in [-0.2, -0.15) is 0 Å². The van der Waals surface area contributed by atoms with E-state index in [-0.39, 0.29) is 5.69 Å². The highest BCUT2D eigenvalue weighted by Crippen LogP contribution is 2.05. The summed E-state index contributed by atoms with van der Waals surface area (Å²) in [6.45, 7) is 4.61. The van der Waals surface area contributed by atoms with Crippen LogP contribution in [0.1, 0.15) is 18.2 Å². The summed E-state index contributed by atoms with van der Waals surface area (Å²) in [6, 6.07) is 1.68. The highest BCUT2D eigenvalue weighted by Gasteiger charge is 2.09. The number of pyridine rings is 1. The Morgan fingerprint density at radius 2 is 2.07 bits per heavy atom. The van der Waals surface area contributed by atoms with E-state index in [9.17, 15) is 9.59 Å². The normalized spacial score (nSPS) is 9.93. The van der Waals surface area contributed by atoms with Crippen molar-refractivity contribution in [1.82, 2.24) is 4.73 Å². The fraction of sp³-hybridized carbons (Fsp3) is 0.333. The lowest BCUT2D eigenvalue weighted by atomic mass is 10.2. The highest BCUT2D eigenvalue weighted by atomic mass is 16.7. The van der Waals surface area contributed by atoms with Gasteiger partial charge in [0, 0.05) is 6.92 Å². The van der Waals surface area contributed by atoms with Crippen molar-refractivity contribution in [2.75, 3.05) is 5.73 Å². The Labute approximate surface area is 81.1 Å². The van der Waals surface area contributed by atoms with Gasteiger partial charge in [-0.1, -0.05) is 0 Å². The Morgan fingerprint density at radius 3 is 2.57 bits per heavy atom. The largest absolute Gasteiger partial charge is 0.394 e. The minimum absolute atomic E-state index is 0.0943. The van der Waals surface area contributed by atoms with E-state index >= 15 is 0 Å². The van der Waals surface area contributed by atoms with E-state index in [1.807, 2.05) is 0 Å². The van der Waals surface area contributed by atoms with Gasteiger partial charge in [-0.15, -0.1) is 4.73 Å². The van der Waals surface area contributed by atoms with Gasteiger partial charge in [0.25, 0.3) is 0 Å². The molecule has 0 unspecified atom stereocenters. The second-order valence-electron chi connectivity index (χ2n) is 3.06. The number of carbonyl (C=O) groups excluding carboxylic acids is 1. The first kappa shape index (κ1) is 10.3. The van der Waals surface area contributed by atoms with Gasteiger partial charge in [0.2, 0.25) is 0 Å². The zero-order valence-corrected chi connectivity index (χ0v) is 8.33. The third-order valence-electron chi connectivity index (χ3n) is 1.81. The molecule has 14 heavy (non-hydrogen) atoms. The molecule has 5 heteroatoms. The standard InChI is InChI=1S/C9H12N2O3/c1-5-4-6(2)11(14-7(3)12)9(13)8(5)10/h4H,10H2,1-3H3. The number of rotatable bonds is 1. The summed E-state index contributed by atoms with van der Waals surface area (Å²) in [6.07, 6.45) is 0. The van der Waals surface area contributed by atoms with E-state index in [2.05, 4.69) is 0 Å². The number of aromatic nitrogens is 1. The Bertz CT molecular complexity index is 434. The Balaban J connectivity index is 3.37. The van der Waals surface area contributed by atoms with Gasteiger partial charge < -0.3 is 10.6 Å². The van der Waals surface area contributed by atoms with Crippen LogP contribution in [-0.4, -0.2) is 10.7 Å². The smallest absolute Gasteiger partial charge is 0.330 e. The molecule has 0 radical (unpaired) electrons. The molecule has 1 heterocycles. The number of hydrogen-bond acceptors (Lipinski definition) is 4. The second-order valence-corrected chi connectivity index (χ2v) is 3.06. The van der Waals surface area contributed by atoms with Gasteiger partial charge >= 0.3 is 11.5 Å². The van der Waals surface area contributed by atoms with Crippen LogP contribution < -0.4 is 16.1 Å². The first-order valence-corrected chi connectivity index (χ1v) is 4.11. The fourth-order valence-corrected chi connectivity index (χ4v) is 1.13. The summed E-state index contributed by atoms with van der Waals surface area (Å²) in [4.78, 5) is 26.9. The lowest BCUT2D eigenvalue weighted by Crippen LogP contribution is -2.33. The van der Waals surface area contributed by atoms with Gasteiger partial charge in [0.15, 0.2) is 0 Å². The van der Waals surface area contributed by atoms with E-state index in [0.29, 0.717) is 11.3 Å². The molecular formula is C9H12N2O3. The van der Waals surface area contributed by atoms with Crippen molar-refractivity contribution < 1.29 is 9.63 Å². The molecule has 0 amide bonds. The highest BCUT2D eigenvalue weighted by molar-refractivity contribution is 5.66. The maximum absolute atomic E-state index is 11.5. The molecule has 0 fully saturated rings. The molecule has 76 valence electrons. The van der Waals surface area contributed by atoms with E-state index in [1.165, 1.54) is 6.92 Å². The summed E-state index contributed by atoms with van der Waals surface area (Å²) in [7, 11) is 0. The van der Waals surface area contributed by atoms with Crippen LogP contribution in [0.4, 0.5) is 5.69 Å². The first-order valence-electron chi connectivity index (χ1n) is 4.11. The number of carbonyl (C=O) groups is 1. The minimum atomic E-state index is -0.557. The van der Waals surface area contributed by atoms with Crippen molar-refractivity contribution in [3.63, 3.8) is 0 Å². The molecule has 0 saturated heterocycles. The number of hydrogen-bond donors (Lipinski definition) is 1. The van der Waals surface area contributed by atoms with Crippen molar-refractivity contribution in [3.05, 3.63) is 27.7 Å². The number of nitrogens with two attached hydrogens (primary N) is 1. The van der Waals surface area contributed by atoms with Crippen LogP contribution in [-0.2, 0) is 4.79 Å². The molecule has 1 aromatic heterocycles. The molecule has 1 rings (SSSR count). The first-order chi connectivity index (χ1) is 6.43. The molecule has 2 N–H and O–H groups in total. The Morgan fingerprint density at radius 1 is 1.50 bits per heavy atom.